The van der Waals surface area contributed by atoms with Gasteiger partial charge in [0.1, 0.15) is 5.71 Å². The summed E-state index contributed by atoms with van der Waals surface area (Å²) in [5, 5.41) is 17.5. The topological polar surface area (TPSA) is 159 Å². The van der Waals surface area contributed by atoms with Gasteiger partial charge in [-0.3, -0.25) is 15.0 Å². The molecular weight excluding hydrogens is 406 g/mol. The maximum absolute atomic E-state index is 12.3. The number of hydrogen-bond acceptors (Lipinski definition) is 9. The fraction of sp³-hybridized carbons (Fsp3) is 0.100. The zero-order valence-corrected chi connectivity index (χ0v) is 16.5. The van der Waals surface area contributed by atoms with Gasteiger partial charge in [-0.15, -0.1) is 5.26 Å². The number of ether oxygens (including phenoxy) is 2. The third kappa shape index (κ3) is 6.13. The highest BCUT2D eigenvalue weighted by Crippen LogP contribution is 2.20. The van der Waals surface area contributed by atoms with E-state index in [1.54, 1.807) is 24.3 Å². The van der Waals surface area contributed by atoms with E-state index in [9.17, 15) is 19.2 Å². The average molecular weight is 423 g/mol. The van der Waals surface area contributed by atoms with Crippen molar-refractivity contribution in [3.63, 3.8) is 0 Å². The predicted molar refractivity (Wildman–Crippen MR) is 110 cm³/mol. The first-order chi connectivity index (χ1) is 14.9. The van der Waals surface area contributed by atoms with Gasteiger partial charge in [0.05, 0.1) is 23.9 Å². The van der Waals surface area contributed by atoms with Gasteiger partial charge in [-0.2, -0.15) is 5.10 Å². The second-order valence-corrected chi connectivity index (χ2v) is 5.84. The van der Waals surface area contributed by atoms with Gasteiger partial charge in [-0.25, -0.2) is 9.59 Å². The van der Waals surface area contributed by atoms with Gasteiger partial charge < -0.3 is 20.1 Å². The van der Waals surface area contributed by atoms with Crippen LogP contribution in [0.4, 0.5) is 17.1 Å². The van der Waals surface area contributed by atoms with Gasteiger partial charge in [0.15, 0.2) is 0 Å². The lowest BCUT2D eigenvalue weighted by molar-refractivity contribution is -0.110. The number of anilines is 3. The summed E-state index contributed by atoms with van der Waals surface area (Å²) in [5.74, 6) is -2.17. The molecule has 0 aliphatic rings. The van der Waals surface area contributed by atoms with Crippen LogP contribution in [-0.4, -0.2) is 37.1 Å². The molecule has 158 valence electrons. The Morgan fingerprint density at radius 1 is 1.06 bits per heavy atom. The van der Waals surface area contributed by atoms with Crippen LogP contribution >= 0.6 is 0 Å². The van der Waals surface area contributed by atoms with E-state index in [4.69, 9.17) is 5.26 Å². The molecule has 2 rings (SSSR count). The Bertz CT molecular complexity index is 1070. The minimum atomic E-state index is -0.923. The van der Waals surface area contributed by atoms with E-state index in [1.165, 1.54) is 38.5 Å². The van der Waals surface area contributed by atoms with Crippen molar-refractivity contribution in [3.8, 4) is 6.26 Å². The Morgan fingerprint density at radius 2 is 1.74 bits per heavy atom. The van der Waals surface area contributed by atoms with Crippen molar-refractivity contribution in [1.29, 1.82) is 5.26 Å². The molecule has 0 aliphatic heterocycles. The van der Waals surface area contributed by atoms with Crippen molar-refractivity contribution in [3.05, 3.63) is 53.6 Å². The van der Waals surface area contributed by atoms with E-state index in [1.807, 2.05) is 0 Å². The van der Waals surface area contributed by atoms with Crippen molar-refractivity contribution in [2.24, 2.45) is 5.10 Å². The number of benzene rings is 2. The van der Waals surface area contributed by atoms with E-state index >= 15 is 0 Å². The SMILES string of the molecule is COC(=O)c1ccc(C(=O)OC#N)cc1N/N=C(/C)C(=O)Nc1ccc(NC=O)cc1. The van der Waals surface area contributed by atoms with Crippen molar-refractivity contribution >= 4 is 47.0 Å². The zero-order chi connectivity index (χ0) is 22.8. The van der Waals surface area contributed by atoms with Crippen LogP contribution in [0.25, 0.3) is 0 Å². The van der Waals surface area contributed by atoms with Crippen LogP contribution in [0.1, 0.15) is 27.6 Å². The number of carbonyl (C=O) groups excluding carboxylic acids is 4. The molecule has 3 N–H and O–H groups in total. The van der Waals surface area contributed by atoms with E-state index < -0.39 is 17.8 Å². The summed E-state index contributed by atoms with van der Waals surface area (Å²) in [4.78, 5) is 46.4. The van der Waals surface area contributed by atoms with Crippen LogP contribution in [0, 0.1) is 11.5 Å². The first kappa shape index (κ1) is 22.6. The van der Waals surface area contributed by atoms with Crippen LogP contribution in [0.15, 0.2) is 47.6 Å². The molecule has 0 unspecified atom stereocenters. The Labute approximate surface area is 176 Å². The molecule has 0 atom stereocenters. The molecule has 2 aromatic rings. The number of amides is 2. The number of methoxy groups -OCH3 is 1. The number of carbonyl (C=O) groups is 4. The van der Waals surface area contributed by atoms with E-state index in [0.29, 0.717) is 17.8 Å². The Balaban J connectivity index is 2.19. The average Bonchev–Trinajstić information content (AvgIpc) is 2.78. The summed E-state index contributed by atoms with van der Waals surface area (Å²) >= 11 is 0. The lowest BCUT2D eigenvalue weighted by Gasteiger charge is -2.10. The number of esters is 2. The maximum atomic E-state index is 12.3. The predicted octanol–water partition coefficient (Wildman–Crippen LogP) is 2.11. The van der Waals surface area contributed by atoms with Crippen LogP contribution in [0.3, 0.4) is 0 Å². The normalized spacial score (nSPS) is 10.3. The number of hydrazone groups is 1. The monoisotopic (exact) mass is 423 g/mol. The Kier molecular flexibility index (Phi) is 7.81. The molecule has 31 heavy (non-hydrogen) atoms. The number of nitriles is 1. The summed E-state index contributed by atoms with van der Waals surface area (Å²) < 4.78 is 8.95. The molecule has 0 heterocycles. The molecule has 2 amide bonds. The van der Waals surface area contributed by atoms with Gasteiger partial charge in [0, 0.05) is 11.4 Å². The lowest BCUT2D eigenvalue weighted by atomic mass is 10.1. The molecule has 11 heteroatoms. The molecule has 0 saturated heterocycles. The molecule has 0 bridgehead atoms. The van der Waals surface area contributed by atoms with Gasteiger partial charge >= 0.3 is 11.9 Å². The molecular formula is C20H17N5O6. The first-order valence-electron chi connectivity index (χ1n) is 8.64. The summed E-state index contributed by atoms with van der Waals surface area (Å²) in [5.41, 5.74) is 3.68. The largest absolute Gasteiger partial charge is 0.465 e. The molecule has 2 aromatic carbocycles. The number of rotatable bonds is 8. The van der Waals surface area contributed by atoms with Crippen LogP contribution < -0.4 is 16.1 Å². The minimum absolute atomic E-state index is 0.0101. The van der Waals surface area contributed by atoms with Crippen LogP contribution in [0.2, 0.25) is 0 Å². The summed E-state index contributed by atoms with van der Waals surface area (Å²) in [6.07, 6.45) is 1.80. The number of hydrogen-bond donors (Lipinski definition) is 3. The lowest BCUT2D eigenvalue weighted by Crippen LogP contribution is -2.21. The number of nitrogens with one attached hydrogen (secondary N) is 3. The van der Waals surface area contributed by atoms with Crippen molar-refractivity contribution in [2.75, 3.05) is 23.2 Å². The minimum Gasteiger partial charge on any atom is -0.465 e. The van der Waals surface area contributed by atoms with Gasteiger partial charge in [-0.05, 0) is 49.4 Å². The Hall–Kier alpha value is -4.72. The van der Waals surface area contributed by atoms with E-state index in [-0.39, 0.29) is 22.5 Å². The van der Waals surface area contributed by atoms with Gasteiger partial charge in [-0.1, -0.05) is 0 Å². The highest BCUT2D eigenvalue weighted by atomic mass is 16.5. The molecule has 0 fully saturated rings. The zero-order valence-electron chi connectivity index (χ0n) is 16.5. The van der Waals surface area contributed by atoms with Gasteiger partial charge in [0.2, 0.25) is 6.41 Å². The highest BCUT2D eigenvalue weighted by molar-refractivity contribution is 6.42. The van der Waals surface area contributed by atoms with Crippen molar-refractivity contribution in [1.82, 2.24) is 0 Å². The molecule has 11 nitrogen and oxygen atoms in total. The van der Waals surface area contributed by atoms with Gasteiger partial charge in [0.25, 0.3) is 12.2 Å². The molecule has 0 saturated carbocycles. The van der Waals surface area contributed by atoms with E-state index in [0.717, 1.165) is 0 Å². The second-order valence-electron chi connectivity index (χ2n) is 5.84. The van der Waals surface area contributed by atoms with Crippen molar-refractivity contribution in [2.45, 2.75) is 6.92 Å². The summed E-state index contributed by atoms with van der Waals surface area (Å²) in [7, 11) is 1.18. The molecule has 0 aliphatic carbocycles. The second kappa shape index (κ2) is 10.7. The third-order valence-corrected chi connectivity index (χ3v) is 3.84. The summed E-state index contributed by atoms with van der Waals surface area (Å²) in [6.45, 7) is 1.43. The molecule has 0 aromatic heterocycles. The molecule has 0 radical (unpaired) electrons. The first-order valence-corrected chi connectivity index (χ1v) is 8.64. The van der Waals surface area contributed by atoms with Crippen molar-refractivity contribution < 1.29 is 28.7 Å². The fourth-order valence-corrected chi connectivity index (χ4v) is 2.29. The maximum Gasteiger partial charge on any atom is 0.353 e. The highest BCUT2D eigenvalue weighted by Gasteiger charge is 2.16. The quantitative estimate of drug-likeness (QED) is 0.191. The standard InChI is InChI=1S/C20H17N5O6/c1-12(18(27)23-15-6-4-14(5-7-15)22-11-26)24-25-17-9-13(19(28)31-10-21)3-8-16(17)20(29)30-2/h3-9,11,25H,1-2H3,(H,22,26)(H,23,27)/b24-12-. The third-order valence-electron chi connectivity index (χ3n) is 3.84. The summed E-state index contributed by atoms with van der Waals surface area (Å²) in [6, 6.07) is 10.2. The van der Waals surface area contributed by atoms with Crippen LogP contribution in [-0.2, 0) is 19.1 Å². The fourth-order valence-electron chi connectivity index (χ4n) is 2.29. The Morgan fingerprint density at radius 3 is 2.35 bits per heavy atom. The number of nitrogens with zero attached hydrogens (tertiary/aromatic N) is 2. The molecule has 0 spiro atoms. The van der Waals surface area contributed by atoms with Crippen LogP contribution in [0.5, 0.6) is 0 Å². The smallest absolute Gasteiger partial charge is 0.353 e. The van der Waals surface area contributed by atoms with E-state index in [2.05, 4.69) is 30.6 Å².